The molecule has 0 saturated heterocycles. The SMILES string of the molecule is Cc1nn(C)c(S(C)(=O)=O)c1O. The zero-order valence-corrected chi connectivity index (χ0v) is 7.88. The molecule has 0 aliphatic heterocycles. The van der Waals surface area contributed by atoms with E-state index in [9.17, 15) is 13.5 Å². The molecule has 68 valence electrons. The predicted molar refractivity (Wildman–Crippen MR) is 42.7 cm³/mol. The highest BCUT2D eigenvalue weighted by Crippen LogP contribution is 2.24. The fourth-order valence-corrected chi connectivity index (χ4v) is 2.06. The van der Waals surface area contributed by atoms with Gasteiger partial charge in [-0.1, -0.05) is 0 Å². The molecule has 1 aromatic heterocycles. The Bertz CT molecular complexity index is 405. The average molecular weight is 190 g/mol. The number of hydrogen-bond acceptors (Lipinski definition) is 4. The smallest absolute Gasteiger partial charge is 0.196 e. The Morgan fingerprint density at radius 1 is 1.50 bits per heavy atom. The average Bonchev–Trinajstić information content (AvgIpc) is 2.05. The summed E-state index contributed by atoms with van der Waals surface area (Å²) in [6.45, 7) is 1.55. The van der Waals surface area contributed by atoms with E-state index in [0.29, 0.717) is 5.69 Å². The second kappa shape index (κ2) is 2.48. The summed E-state index contributed by atoms with van der Waals surface area (Å²) in [4.78, 5) is 0. The van der Waals surface area contributed by atoms with Crippen molar-refractivity contribution >= 4 is 9.84 Å². The van der Waals surface area contributed by atoms with Gasteiger partial charge < -0.3 is 5.11 Å². The van der Waals surface area contributed by atoms with Gasteiger partial charge in [-0.2, -0.15) is 5.10 Å². The number of nitrogens with zero attached hydrogens (tertiary/aromatic N) is 2. The van der Waals surface area contributed by atoms with Crippen molar-refractivity contribution < 1.29 is 13.5 Å². The quantitative estimate of drug-likeness (QED) is 0.667. The van der Waals surface area contributed by atoms with E-state index in [1.807, 2.05) is 0 Å². The largest absolute Gasteiger partial charge is 0.504 e. The normalized spacial score (nSPS) is 11.9. The molecule has 0 bridgehead atoms. The number of aromatic nitrogens is 2. The topological polar surface area (TPSA) is 72.2 Å². The molecule has 1 rings (SSSR count). The van der Waals surface area contributed by atoms with Crippen LogP contribution in [0.4, 0.5) is 0 Å². The van der Waals surface area contributed by atoms with Crippen LogP contribution in [0, 0.1) is 6.92 Å². The third-order valence-corrected chi connectivity index (χ3v) is 2.65. The first kappa shape index (κ1) is 9.05. The summed E-state index contributed by atoms with van der Waals surface area (Å²) in [7, 11) is -1.92. The number of rotatable bonds is 1. The molecule has 0 spiro atoms. The van der Waals surface area contributed by atoms with Crippen LogP contribution in [0.15, 0.2) is 5.03 Å². The van der Waals surface area contributed by atoms with Gasteiger partial charge in [0.25, 0.3) is 0 Å². The summed E-state index contributed by atoms with van der Waals surface area (Å²) >= 11 is 0. The highest BCUT2D eigenvalue weighted by atomic mass is 32.2. The van der Waals surface area contributed by atoms with Crippen LogP contribution in [0.25, 0.3) is 0 Å². The van der Waals surface area contributed by atoms with E-state index in [1.165, 1.54) is 7.05 Å². The molecule has 1 heterocycles. The van der Waals surface area contributed by atoms with Crippen molar-refractivity contribution in [3.63, 3.8) is 0 Å². The van der Waals surface area contributed by atoms with E-state index >= 15 is 0 Å². The highest BCUT2D eigenvalue weighted by Gasteiger charge is 2.20. The summed E-state index contributed by atoms with van der Waals surface area (Å²) in [5.41, 5.74) is 0.318. The lowest BCUT2D eigenvalue weighted by molar-refractivity contribution is 0.449. The molecule has 5 nitrogen and oxygen atoms in total. The van der Waals surface area contributed by atoms with Crippen LogP contribution >= 0.6 is 0 Å². The minimum Gasteiger partial charge on any atom is -0.504 e. The number of aromatic hydroxyl groups is 1. The zero-order chi connectivity index (χ0) is 9.52. The van der Waals surface area contributed by atoms with Crippen LogP contribution < -0.4 is 0 Å². The van der Waals surface area contributed by atoms with Crippen LogP contribution in [-0.2, 0) is 16.9 Å². The predicted octanol–water partition coefficient (Wildman–Crippen LogP) is -0.162. The molecular formula is C6H10N2O3S. The van der Waals surface area contributed by atoms with E-state index in [-0.39, 0.29) is 10.8 Å². The van der Waals surface area contributed by atoms with Gasteiger partial charge in [-0.05, 0) is 6.92 Å². The van der Waals surface area contributed by atoms with Crippen molar-refractivity contribution in [3.8, 4) is 5.75 Å². The summed E-state index contributed by atoms with van der Waals surface area (Å²) in [5.74, 6) is -0.264. The highest BCUT2D eigenvalue weighted by molar-refractivity contribution is 7.90. The van der Waals surface area contributed by atoms with Crippen LogP contribution in [0.1, 0.15) is 5.69 Å². The third-order valence-electron chi connectivity index (χ3n) is 1.49. The molecule has 6 heteroatoms. The van der Waals surface area contributed by atoms with Crippen molar-refractivity contribution in [2.75, 3.05) is 6.26 Å². The van der Waals surface area contributed by atoms with Crippen LogP contribution in [0.5, 0.6) is 5.75 Å². The summed E-state index contributed by atoms with van der Waals surface area (Å²) in [6.07, 6.45) is 1.03. The van der Waals surface area contributed by atoms with Gasteiger partial charge in [-0.15, -0.1) is 0 Å². The maximum absolute atomic E-state index is 11.1. The minimum absolute atomic E-state index is 0.139. The lowest BCUT2D eigenvalue weighted by atomic mass is 10.5. The Morgan fingerprint density at radius 2 is 2.00 bits per heavy atom. The third kappa shape index (κ3) is 1.29. The first-order valence-electron chi connectivity index (χ1n) is 3.26. The van der Waals surface area contributed by atoms with E-state index in [1.54, 1.807) is 6.92 Å². The standard InChI is InChI=1S/C6H10N2O3S/c1-4-5(9)6(8(2)7-4)12(3,10)11/h9H,1-3H3. The van der Waals surface area contributed by atoms with Crippen molar-refractivity contribution in [3.05, 3.63) is 5.69 Å². The van der Waals surface area contributed by atoms with Gasteiger partial charge in [0.05, 0.1) is 0 Å². The van der Waals surface area contributed by atoms with Gasteiger partial charge in [0.2, 0.25) is 0 Å². The molecule has 0 unspecified atom stereocenters. The van der Waals surface area contributed by atoms with Gasteiger partial charge in [0.15, 0.2) is 20.6 Å². The molecule has 1 N–H and O–H groups in total. The Balaban J connectivity index is 3.54. The molecule has 0 aliphatic rings. The zero-order valence-electron chi connectivity index (χ0n) is 7.07. The van der Waals surface area contributed by atoms with Crippen molar-refractivity contribution in [1.82, 2.24) is 9.78 Å². The fraction of sp³-hybridized carbons (Fsp3) is 0.500. The first-order valence-corrected chi connectivity index (χ1v) is 5.16. The van der Waals surface area contributed by atoms with Gasteiger partial charge in [0, 0.05) is 13.3 Å². The molecule has 0 aliphatic carbocycles. The van der Waals surface area contributed by atoms with Crippen LogP contribution in [-0.4, -0.2) is 29.6 Å². The summed E-state index contributed by atoms with van der Waals surface area (Å²) < 4.78 is 23.3. The van der Waals surface area contributed by atoms with Crippen molar-refractivity contribution in [2.24, 2.45) is 7.05 Å². The summed E-state index contributed by atoms with van der Waals surface area (Å²) in [5, 5.41) is 12.9. The number of aryl methyl sites for hydroxylation is 2. The Morgan fingerprint density at radius 3 is 2.17 bits per heavy atom. The molecule has 0 saturated carbocycles. The van der Waals surface area contributed by atoms with E-state index < -0.39 is 9.84 Å². The Labute approximate surface area is 70.6 Å². The second-order valence-electron chi connectivity index (χ2n) is 2.63. The molecule has 0 aromatic carbocycles. The maximum Gasteiger partial charge on any atom is 0.196 e. The van der Waals surface area contributed by atoms with Gasteiger partial charge >= 0.3 is 0 Å². The van der Waals surface area contributed by atoms with Crippen molar-refractivity contribution in [2.45, 2.75) is 11.9 Å². The Kier molecular flexibility index (Phi) is 1.87. The first-order chi connectivity index (χ1) is 5.34. The van der Waals surface area contributed by atoms with Gasteiger partial charge in [0.1, 0.15) is 5.69 Å². The molecule has 0 amide bonds. The van der Waals surface area contributed by atoms with E-state index in [0.717, 1.165) is 10.9 Å². The van der Waals surface area contributed by atoms with Crippen LogP contribution in [0.2, 0.25) is 0 Å². The molecule has 0 radical (unpaired) electrons. The maximum atomic E-state index is 11.1. The van der Waals surface area contributed by atoms with Crippen LogP contribution in [0.3, 0.4) is 0 Å². The second-order valence-corrected chi connectivity index (χ2v) is 4.57. The monoisotopic (exact) mass is 190 g/mol. The number of sulfone groups is 1. The van der Waals surface area contributed by atoms with Crippen molar-refractivity contribution in [1.29, 1.82) is 0 Å². The van der Waals surface area contributed by atoms with Gasteiger partial charge in [-0.25, -0.2) is 8.42 Å². The molecule has 0 fully saturated rings. The number of hydrogen-bond donors (Lipinski definition) is 1. The lowest BCUT2D eigenvalue weighted by Crippen LogP contribution is -2.05. The molecule has 1 aromatic rings. The van der Waals surface area contributed by atoms with Gasteiger partial charge in [-0.3, -0.25) is 4.68 Å². The van der Waals surface area contributed by atoms with E-state index in [2.05, 4.69) is 5.10 Å². The van der Waals surface area contributed by atoms with E-state index in [4.69, 9.17) is 0 Å². The fourth-order valence-electron chi connectivity index (χ4n) is 1.04. The lowest BCUT2D eigenvalue weighted by Gasteiger charge is -1.97. The molecule has 12 heavy (non-hydrogen) atoms. The minimum atomic E-state index is -3.39. The molecular weight excluding hydrogens is 180 g/mol. The molecule has 0 atom stereocenters. The summed E-state index contributed by atoms with van der Waals surface area (Å²) in [6, 6.07) is 0. The Hall–Kier alpha value is -1.04.